The number of likely N-dealkylation sites (tertiary alicyclic amines) is 1. The predicted molar refractivity (Wildman–Crippen MR) is 99.3 cm³/mol. The molecule has 1 saturated heterocycles. The fourth-order valence-corrected chi connectivity index (χ4v) is 3.18. The van der Waals surface area contributed by atoms with Crippen molar-refractivity contribution in [1.29, 1.82) is 0 Å². The highest BCUT2D eigenvalue weighted by molar-refractivity contribution is 5.93. The Kier molecular flexibility index (Phi) is 4.60. The van der Waals surface area contributed by atoms with Crippen LogP contribution in [0.15, 0.2) is 71.4 Å². The van der Waals surface area contributed by atoms with E-state index >= 15 is 0 Å². The van der Waals surface area contributed by atoms with Gasteiger partial charge in [-0.2, -0.15) is 0 Å². The summed E-state index contributed by atoms with van der Waals surface area (Å²) in [6.45, 7) is 0.724. The minimum atomic E-state index is -0.125. The molecule has 1 unspecified atom stereocenters. The molecule has 1 aromatic carbocycles. The Bertz CT molecular complexity index is 903. The third-order valence-electron chi connectivity index (χ3n) is 4.52. The SMILES string of the molecule is O=C(c1cc(-c2ccccn2)no1)N1CCCC1C=Cc1ccccc1. The summed E-state index contributed by atoms with van der Waals surface area (Å²) < 4.78 is 5.30. The van der Waals surface area contributed by atoms with Gasteiger partial charge in [-0.1, -0.05) is 53.7 Å². The lowest BCUT2D eigenvalue weighted by Gasteiger charge is -2.20. The molecule has 1 aliphatic heterocycles. The zero-order valence-electron chi connectivity index (χ0n) is 14.3. The largest absolute Gasteiger partial charge is 0.350 e. The summed E-state index contributed by atoms with van der Waals surface area (Å²) in [7, 11) is 0. The summed E-state index contributed by atoms with van der Waals surface area (Å²) in [6, 6.07) is 17.4. The smallest absolute Gasteiger partial charge is 0.292 e. The Labute approximate surface area is 152 Å². The minimum absolute atomic E-state index is 0.0751. The van der Waals surface area contributed by atoms with Gasteiger partial charge in [-0.25, -0.2) is 0 Å². The first kappa shape index (κ1) is 16.3. The number of carbonyl (C=O) groups excluding carboxylic acids is 1. The zero-order valence-corrected chi connectivity index (χ0v) is 14.3. The molecular formula is C21H19N3O2. The van der Waals surface area contributed by atoms with Gasteiger partial charge in [0.05, 0.1) is 11.7 Å². The summed E-state index contributed by atoms with van der Waals surface area (Å²) in [5.74, 6) is 0.130. The number of benzene rings is 1. The lowest BCUT2D eigenvalue weighted by Crippen LogP contribution is -2.34. The third-order valence-corrected chi connectivity index (χ3v) is 4.52. The first-order valence-electron chi connectivity index (χ1n) is 8.73. The quantitative estimate of drug-likeness (QED) is 0.715. The highest BCUT2D eigenvalue weighted by Gasteiger charge is 2.30. The van der Waals surface area contributed by atoms with E-state index in [1.54, 1.807) is 12.3 Å². The molecule has 3 heterocycles. The van der Waals surface area contributed by atoms with Crippen molar-refractivity contribution in [3.8, 4) is 11.4 Å². The molecule has 0 N–H and O–H groups in total. The molecule has 0 aliphatic carbocycles. The normalized spacial score (nSPS) is 17.1. The number of hydrogen-bond donors (Lipinski definition) is 0. The van der Waals surface area contributed by atoms with Crippen molar-refractivity contribution in [2.75, 3.05) is 6.54 Å². The highest BCUT2D eigenvalue weighted by atomic mass is 16.5. The Morgan fingerprint density at radius 2 is 1.96 bits per heavy atom. The number of pyridine rings is 1. The average Bonchev–Trinajstić information content (AvgIpc) is 3.37. The molecule has 26 heavy (non-hydrogen) atoms. The number of aromatic nitrogens is 2. The van der Waals surface area contributed by atoms with E-state index in [2.05, 4.69) is 22.3 Å². The van der Waals surface area contributed by atoms with Gasteiger partial charge < -0.3 is 9.42 Å². The monoisotopic (exact) mass is 345 g/mol. The molecule has 5 heteroatoms. The Balaban J connectivity index is 1.50. The van der Waals surface area contributed by atoms with Gasteiger partial charge in [0.15, 0.2) is 0 Å². The first-order valence-corrected chi connectivity index (χ1v) is 8.73. The van der Waals surface area contributed by atoms with Gasteiger partial charge in [-0.15, -0.1) is 0 Å². The van der Waals surface area contributed by atoms with Crippen LogP contribution in [0.25, 0.3) is 17.5 Å². The summed E-state index contributed by atoms with van der Waals surface area (Å²) in [5, 5.41) is 3.99. The number of rotatable bonds is 4. The van der Waals surface area contributed by atoms with Crippen molar-refractivity contribution in [1.82, 2.24) is 15.0 Å². The fourth-order valence-electron chi connectivity index (χ4n) is 3.18. The molecule has 5 nitrogen and oxygen atoms in total. The van der Waals surface area contributed by atoms with Crippen LogP contribution in [0.5, 0.6) is 0 Å². The van der Waals surface area contributed by atoms with E-state index in [-0.39, 0.29) is 17.7 Å². The maximum atomic E-state index is 12.9. The van der Waals surface area contributed by atoms with Crippen LogP contribution in [0.1, 0.15) is 29.0 Å². The first-order chi connectivity index (χ1) is 12.8. The predicted octanol–water partition coefficient (Wildman–Crippen LogP) is 4.05. The molecule has 2 aromatic heterocycles. The molecular weight excluding hydrogens is 326 g/mol. The van der Waals surface area contributed by atoms with Crippen LogP contribution >= 0.6 is 0 Å². The maximum absolute atomic E-state index is 12.9. The molecule has 4 rings (SSSR count). The topological polar surface area (TPSA) is 59.2 Å². The molecule has 130 valence electrons. The second kappa shape index (κ2) is 7.35. The van der Waals surface area contributed by atoms with E-state index in [0.29, 0.717) is 11.4 Å². The van der Waals surface area contributed by atoms with E-state index in [1.807, 2.05) is 53.4 Å². The van der Waals surface area contributed by atoms with E-state index in [4.69, 9.17) is 4.52 Å². The van der Waals surface area contributed by atoms with E-state index < -0.39 is 0 Å². The van der Waals surface area contributed by atoms with Crippen LogP contribution < -0.4 is 0 Å². The molecule has 3 aromatic rings. The molecule has 0 spiro atoms. The number of nitrogens with zero attached hydrogens (tertiary/aromatic N) is 3. The van der Waals surface area contributed by atoms with Crippen molar-refractivity contribution < 1.29 is 9.32 Å². The second-order valence-corrected chi connectivity index (χ2v) is 6.27. The number of carbonyl (C=O) groups is 1. The lowest BCUT2D eigenvalue weighted by molar-refractivity contribution is 0.0720. The van der Waals surface area contributed by atoms with E-state index in [1.165, 1.54) is 0 Å². The third kappa shape index (κ3) is 3.42. The van der Waals surface area contributed by atoms with E-state index in [9.17, 15) is 4.79 Å². The minimum Gasteiger partial charge on any atom is -0.350 e. The van der Waals surface area contributed by atoms with E-state index in [0.717, 1.165) is 24.9 Å². The van der Waals surface area contributed by atoms with Crippen molar-refractivity contribution in [3.63, 3.8) is 0 Å². The molecule has 1 fully saturated rings. The molecule has 1 atom stereocenters. The van der Waals surface area contributed by atoms with Gasteiger partial charge in [0.25, 0.3) is 5.91 Å². The maximum Gasteiger partial charge on any atom is 0.292 e. The summed E-state index contributed by atoms with van der Waals surface area (Å²) in [6.07, 6.45) is 7.79. The summed E-state index contributed by atoms with van der Waals surface area (Å²) in [5.41, 5.74) is 2.39. The summed E-state index contributed by atoms with van der Waals surface area (Å²) in [4.78, 5) is 18.9. The Hall–Kier alpha value is -3.21. The van der Waals surface area contributed by atoms with Crippen LogP contribution in [0.4, 0.5) is 0 Å². The van der Waals surface area contributed by atoms with Crippen molar-refractivity contribution >= 4 is 12.0 Å². The molecule has 1 amide bonds. The number of amides is 1. The lowest BCUT2D eigenvalue weighted by atomic mass is 10.1. The van der Waals surface area contributed by atoms with Crippen LogP contribution in [-0.2, 0) is 0 Å². The Morgan fingerprint density at radius 3 is 2.77 bits per heavy atom. The van der Waals surface area contributed by atoms with Crippen LogP contribution in [0, 0.1) is 0 Å². The zero-order chi connectivity index (χ0) is 17.8. The molecule has 0 saturated carbocycles. The highest BCUT2D eigenvalue weighted by Crippen LogP contribution is 2.24. The molecule has 0 radical (unpaired) electrons. The fraction of sp³-hybridized carbons (Fsp3) is 0.190. The standard InChI is InChI=1S/C21H19N3O2/c25-21(20-15-19(23-26-20)18-10-4-5-13-22-18)24-14-6-9-17(24)12-11-16-7-2-1-3-8-16/h1-5,7-8,10-13,15,17H,6,9,14H2. The number of hydrogen-bond acceptors (Lipinski definition) is 4. The van der Waals surface area contributed by atoms with Crippen LogP contribution in [0.3, 0.4) is 0 Å². The van der Waals surface area contributed by atoms with Gasteiger partial charge in [0.2, 0.25) is 5.76 Å². The van der Waals surface area contributed by atoms with Gasteiger partial charge in [-0.05, 0) is 30.5 Å². The van der Waals surface area contributed by atoms with Gasteiger partial charge >= 0.3 is 0 Å². The van der Waals surface area contributed by atoms with Gasteiger partial charge in [0, 0.05) is 18.8 Å². The van der Waals surface area contributed by atoms with Gasteiger partial charge in [0.1, 0.15) is 5.69 Å². The van der Waals surface area contributed by atoms with Gasteiger partial charge in [-0.3, -0.25) is 9.78 Å². The van der Waals surface area contributed by atoms with Crippen LogP contribution in [-0.4, -0.2) is 33.5 Å². The van der Waals surface area contributed by atoms with Crippen LogP contribution in [0.2, 0.25) is 0 Å². The summed E-state index contributed by atoms with van der Waals surface area (Å²) >= 11 is 0. The Morgan fingerprint density at radius 1 is 1.12 bits per heavy atom. The van der Waals surface area contributed by atoms with Crippen molar-refractivity contribution in [2.45, 2.75) is 18.9 Å². The van der Waals surface area contributed by atoms with Crippen molar-refractivity contribution in [2.24, 2.45) is 0 Å². The van der Waals surface area contributed by atoms with Crippen molar-refractivity contribution in [3.05, 3.63) is 78.2 Å². The molecule has 0 bridgehead atoms. The average molecular weight is 345 g/mol. The second-order valence-electron chi connectivity index (χ2n) is 6.27. The molecule has 1 aliphatic rings.